The smallest absolute Gasteiger partial charge is 0.137 e. The van der Waals surface area contributed by atoms with Gasteiger partial charge in [-0.05, 0) is 72.4 Å². The van der Waals surface area contributed by atoms with Crippen LogP contribution in [0.3, 0.4) is 0 Å². The van der Waals surface area contributed by atoms with Crippen LogP contribution in [0.2, 0.25) is 0 Å². The van der Waals surface area contributed by atoms with E-state index < -0.39 is 0 Å². The molecule has 2 aliphatic rings. The Bertz CT molecular complexity index is 1710. The number of allylic oxidation sites excluding steroid dienone is 3. The predicted octanol–water partition coefficient (Wildman–Crippen LogP) is 6.46. The van der Waals surface area contributed by atoms with Crippen LogP contribution in [0.25, 0.3) is 0 Å². The molecule has 7 rings (SSSR count). The third-order valence-electron chi connectivity index (χ3n) is 8.68. The Kier molecular flexibility index (Phi) is 8.35. The summed E-state index contributed by atoms with van der Waals surface area (Å²) in [5.41, 5.74) is 3.50. The minimum absolute atomic E-state index is 0.0591. The van der Waals surface area contributed by atoms with E-state index >= 15 is 0 Å². The highest BCUT2D eigenvalue weighted by Gasteiger charge is 2.27. The Morgan fingerprint density at radius 3 is 1.96 bits per heavy atom. The third-order valence-corrected chi connectivity index (χ3v) is 8.68. The predicted molar refractivity (Wildman–Crippen MR) is 174 cm³/mol. The first-order valence-electron chi connectivity index (χ1n) is 15.6. The number of aliphatic imine (C=N–C) groups is 1. The molecule has 0 amide bonds. The highest BCUT2D eigenvalue weighted by molar-refractivity contribution is 5.58. The molecule has 4 aromatic heterocycles. The van der Waals surface area contributed by atoms with Crippen LogP contribution >= 0.6 is 0 Å². The highest BCUT2D eigenvalue weighted by Crippen LogP contribution is 2.36. The summed E-state index contributed by atoms with van der Waals surface area (Å²) >= 11 is 0. The second kappa shape index (κ2) is 13.2. The van der Waals surface area contributed by atoms with E-state index in [0.29, 0.717) is 11.8 Å². The van der Waals surface area contributed by atoms with Crippen LogP contribution in [0.4, 0.5) is 0 Å². The summed E-state index contributed by atoms with van der Waals surface area (Å²) in [7, 11) is 0. The molecular formula is C35H38N10. The highest BCUT2D eigenvalue weighted by atomic mass is 15.3. The lowest BCUT2D eigenvalue weighted by Crippen LogP contribution is -2.26. The molecule has 3 unspecified atom stereocenters. The molecule has 0 fully saturated rings. The van der Waals surface area contributed by atoms with Crippen LogP contribution in [0.5, 0.6) is 0 Å². The van der Waals surface area contributed by atoms with Crippen LogP contribution in [-0.2, 0) is 0 Å². The maximum absolute atomic E-state index is 4.46. The van der Waals surface area contributed by atoms with E-state index in [0.717, 1.165) is 36.8 Å². The lowest BCUT2D eigenvalue weighted by Gasteiger charge is -2.32. The molecule has 10 heteroatoms. The zero-order valence-electron chi connectivity index (χ0n) is 25.4. The van der Waals surface area contributed by atoms with E-state index in [2.05, 4.69) is 110 Å². The van der Waals surface area contributed by atoms with Crippen molar-refractivity contribution in [3.63, 3.8) is 0 Å². The van der Waals surface area contributed by atoms with Gasteiger partial charge in [0.05, 0.1) is 31.4 Å². The van der Waals surface area contributed by atoms with E-state index in [1.165, 1.54) is 5.56 Å². The Balaban J connectivity index is 1.42. The monoisotopic (exact) mass is 598 g/mol. The van der Waals surface area contributed by atoms with Gasteiger partial charge in [-0.2, -0.15) is 0 Å². The van der Waals surface area contributed by atoms with Gasteiger partial charge in [0, 0.05) is 74.4 Å². The molecule has 0 radical (unpaired) electrons. The average Bonchev–Trinajstić information content (AvgIpc) is 3.88. The largest absolute Gasteiger partial charge is 0.330 e. The van der Waals surface area contributed by atoms with E-state index in [1.54, 1.807) is 0 Å². The van der Waals surface area contributed by atoms with Crippen molar-refractivity contribution in [1.29, 1.82) is 0 Å². The summed E-state index contributed by atoms with van der Waals surface area (Å²) in [5, 5.41) is 0. The normalized spacial score (nSPS) is 19.6. The summed E-state index contributed by atoms with van der Waals surface area (Å²) in [6.45, 7) is 2.25. The SMILES string of the molecule is C[C@H]1C=CN(C(c2cc(C(CC3C=CN=CCC3)n3ccnc3)cc(C(n3ccnc3)n3ccnc3)c2)n2ccnc2)C=CC1. The molecule has 0 saturated carbocycles. The summed E-state index contributed by atoms with van der Waals surface area (Å²) in [4.78, 5) is 24.4. The van der Waals surface area contributed by atoms with Crippen molar-refractivity contribution < 1.29 is 0 Å². The van der Waals surface area contributed by atoms with Gasteiger partial charge < -0.3 is 23.2 Å². The maximum Gasteiger partial charge on any atom is 0.137 e. The molecule has 0 N–H and O–H groups in total. The molecular weight excluding hydrogens is 560 g/mol. The van der Waals surface area contributed by atoms with E-state index in [-0.39, 0.29) is 18.4 Å². The van der Waals surface area contributed by atoms with Gasteiger partial charge in [-0.3, -0.25) is 4.99 Å². The Labute approximate surface area is 263 Å². The van der Waals surface area contributed by atoms with Gasteiger partial charge in [-0.1, -0.05) is 25.2 Å². The Hall–Kier alpha value is -5.25. The van der Waals surface area contributed by atoms with Crippen molar-refractivity contribution in [1.82, 2.24) is 43.1 Å². The lowest BCUT2D eigenvalue weighted by atomic mass is 9.89. The molecule has 2 aliphatic heterocycles. The van der Waals surface area contributed by atoms with Gasteiger partial charge in [0.1, 0.15) is 12.3 Å². The summed E-state index contributed by atoms with van der Waals surface area (Å²) in [5.74, 6) is 0.846. The van der Waals surface area contributed by atoms with Crippen molar-refractivity contribution in [3.8, 4) is 0 Å². The Morgan fingerprint density at radius 2 is 1.31 bits per heavy atom. The van der Waals surface area contributed by atoms with Crippen LogP contribution < -0.4 is 0 Å². The molecule has 10 nitrogen and oxygen atoms in total. The molecule has 4 atom stereocenters. The van der Waals surface area contributed by atoms with Crippen molar-refractivity contribution in [2.24, 2.45) is 16.8 Å². The molecule has 6 heterocycles. The summed E-state index contributed by atoms with van der Waals surface area (Å²) in [6, 6.07) is 7.09. The van der Waals surface area contributed by atoms with Gasteiger partial charge in [-0.25, -0.2) is 19.9 Å². The molecule has 228 valence electrons. The average molecular weight is 599 g/mol. The lowest BCUT2D eigenvalue weighted by molar-refractivity contribution is 0.324. The van der Waals surface area contributed by atoms with E-state index in [1.807, 2.05) is 81.1 Å². The molecule has 5 aromatic rings. The summed E-state index contributed by atoms with van der Waals surface area (Å²) in [6.07, 6.45) is 41.9. The maximum atomic E-state index is 4.46. The zero-order valence-corrected chi connectivity index (χ0v) is 25.4. The van der Waals surface area contributed by atoms with E-state index in [4.69, 9.17) is 0 Å². The molecule has 0 spiro atoms. The van der Waals surface area contributed by atoms with Crippen molar-refractivity contribution in [2.75, 3.05) is 0 Å². The first kappa shape index (κ1) is 28.5. The van der Waals surface area contributed by atoms with Gasteiger partial charge in [0.15, 0.2) is 0 Å². The molecule has 1 aromatic carbocycles. The molecule has 0 aliphatic carbocycles. The second-order valence-corrected chi connectivity index (χ2v) is 11.9. The fourth-order valence-electron chi connectivity index (χ4n) is 6.43. The quantitative estimate of drug-likeness (QED) is 0.184. The van der Waals surface area contributed by atoms with Crippen molar-refractivity contribution in [2.45, 2.75) is 51.0 Å². The first-order chi connectivity index (χ1) is 22.2. The standard InChI is InChI=1S/C35H38N10/c1-28-4-3-14-41(15-7-28)34(43-17-11-38-25-43)31-21-30(33(42-16-10-37-24-42)20-29-5-2-8-36-9-6-29)22-32(23-31)35(44-18-12-39-26-44)45-19-13-40-27-45/h3,6-19,21-29,33-35H,2,4-5,20H2,1H3/t28-,29?,33?,34?/m1/s1. The fraction of sp³-hybridized carbons (Fsp3) is 0.286. The van der Waals surface area contributed by atoms with Crippen molar-refractivity contribution >= 4 is 6.21 Å². The minimum Gasteiger partial charge on any atom is -0.330 e. The molecule has 0 bridgehead atoms. The molecule has 45 heavy (non-hydrogen) atoms. The molecule has 0 saturated heterocycles. The van der Waals surface area contributed by atoms with Crippen LogP contribution in [0, 0.1) is 11.8 Å². The van der Waals surface area contributed by atoms with Crippen LogP contribution in [0.15, 0.2) is 135 Å². The third kappa shape index (κ3) is 6.35. The topological polar surface area (TPSA) is 86.9 Å². The number of imidazole rings is 4. The number of aromatic nitrogens is 8. The number of nitrogens with zero attached hydrogens (tertiary/aromatic N) is 10. The van der Waals surface area contributed by atoms with Gasteiger partial charge in [-0.15, -0.1) is 0 Å². The minimum atomic E-state index is -0.179. The second-order valence-electron chi connectivity index (χ2n) is 11.9. The van der Waals surface area contributed by atoms with Gasteiger partial charge >= 0.3 is 0 Å². The number of hydrogen-bond acceptors (Lipinski definition) is 6. The summed E-state index contributed by atoms with van der Waals surface area (Å²) < 4.78 is 8.67. The fourth-order valence-corrected chi connectivity index (χ4v) is 6.43. The van der Waals surface area contributed by atoms with E-state index in [9.17, 15) is 0 Å². The number of benzene rings is 1. The van der Waals surface area contributed by atoms with Gasteiger partial charge in [0.25, 0.3) is 0 Å². The number of hydrogen-bond donors (Lipinski definition) is 0. The number of rotatable bonds is 10. The zero-order chi connectivity index (χ0) is 30.4. The van der Waals surface area contributed by atoms with Crippen LogP contribution in [0.1, 0.15) is 67.7 Å². The first-order valence-corrected chi connectivity index (χ1v) is 15.6. The van der Waals surface area contributed by atoms with Crippen molar-refractivity contribution in [3.05, 3.63) is 147 Å². The van der Waals surface area contributed by atoms with Crippen LogP contribution in [-0.4, -0.2) is 49.3 Å². The van der Waals surface area contributed by atoms with Gasteiger partial charge in [0.2, 0.25) is 0 Å². The Morgan fingerprint density at radius 1 is 0.711 bits per heavy atom.